The van der Waals surface area contributed by atoms with Gasteiger partial charge in [-0.05, 0) is 38.1 Å². The van der Waals surface area contributed by atoms with Crippen molar-refractivity contribution in [3.05, 3.63) is 34.7 Å². The zero-order valence-electron chi connectivity index (χ0n) is 10.9. The highest BCUT2D eigenvalue weighted by Gasteiger charge is 2.14. The molecule has 18 heavy (non-hydrogen) atoms. The van der Waals surface area contributed by atoms with E-state index in [4.69, 9.17) is 10.5 Å². The molecule has 0 unspecified atom stereocenters. The molecule has 0 fully saturated rings. The van der Waals surface area contributed by atoms with E-state index < -0.39 is 0 Å². The van der Waals surface area contributed by atoms with E-state index in [0.717, 1.165) is 28.4 Å². The molecule has 2 aromatic rings. The van der Waals surface area contributed by atoms with Crippen molar-refractivity contribution in [2.75, 3.05) is 7.11 Å². The summed E-state index contributed by atoms with van der Waals surface area (Å²) in [6.45, 7) is 4.03. The lowest BCUT2D eigenvalue weighted by molar-refractivity contribution is 0.415. The van der Waals surface area contributed by atoms with Gasteiger partial charge < -0.3 is 10.5 Å². The monoisotopic (exact) mass is 262 g/mol. The summed E-state index contributed by atoms with van der Waals surface area (Å²) in [7, 11) is 1.67. The average molecular weight is 262 g/mol. The smallest absolute Gasteiger partial charge is 0.118 e. The SMILES string of the molecule is COc1ccc(-c2csc(CC(C)(C)N)n2)cc1. The topological polar surface area (TPSA) is 48.1 Å². The molecule has 96 valence electrons. The number of rotatable bonds is 4. The molecule has 0 bridgehead atoms. The van der Waals surface area contributed by atoms with Gasteiger partial charge in [0.1, 0.15) is 5.75 Å². The van der Waals surface area contributed by atoms with Gasteiger partial charge >= 0.3 is 0 Å². The number of methoxy groups -OCH3 is 1. The van der Waals surface area contributed by atoms with Gasteiger partial charge in [0.15, 0.2) is 0 Å². The number of nitrogens with two attached hydrogens (primary N) is 1. The highest BCUT2D eigenvalue weighted by Crippen LogP contribution is 2.25. The van der Waals surface area contributed by atoms with Crippen molar-refractivity contribution in [1.29, 1.82) is 0 Å². The van der Waals surface area contributed by atoms with Crippen LogP contribution in [0.5, 0.6) is 5.75 Å². The molecule has 0 spiro atoms. The molecule has 0 amide bonds. The predicted octanol–water partition coefficient (Wildman–Crippen LogP) is 3.10. The van der Waals surface area contributed by atoms with Gasteiger partial charge in [-0.15, -0.1) is 11.3 Å². The van der Waals surface area contributed by atoms with Gasteiger partial charge in [0.25, 0.3) is 0 Å². The van der Waals surface area contributed by atoms with Crippen LogP contribution in [0.15, 0.2) is 29.6 Å². The zero-order valence-corrected chi connectivity index (χ0v) is 11.8. The lowest BCUT2D eigenvalue weighted by Gasteiger charge is -2.15. The van der Waals surface area contributed by atoms with E-state index in [2.05, 4.69) is 10.4 Å². The Morgan fingerprint density at radius 2 is 1.94 bits per heavy atom. The second kappa shape index (κ2) is 5.08. The van der Waals surface area contributed by atoms with Crippen LogP contribution in [0.1, 0.15) is 18.9 Å². The normalized spacial score (nSPS) is 11.6. The third-order valence-corrected chi connectivity index (χ3v) is 3.39. The maximum Gasteiger partial charge on any atom is 0.118 e. The molecule has 4 heteroatoms. The Balaban J connectivity index is 2.18. The third kappa shape index (κ3) is 3.31. The lowest BCUT2D eigenvalue weighted by Crippen LogP contribution is -2.34. The molecule has 0 aliphatic rings. The molecule has 1 aromatic heterocycles. The van der Waals surface area contributed by atoms with Gasteiger partial charge in [0, 0.05) is 22.9 Å². The summed E-state index contributed by atoms with van der Waals surface area (Å²) in [5.41, 5.74) is 7.90. The number of nitrogens with zero attached hydrogens (tertiary/aromatic N) is 1. The summed E-state index contributed by atoms with van der Waals surface area (Å²) >= 11 is 1.66. The van der Waals surface area contributed by atoms with Crippen molar-refractivity contribution in [2.45, 2.75) is 25.8 Å². The summed E-state index contributed by atoms with van der Waals surface area (Å²) in [6.07, 6.45) is 0.799. The summed E-state index contributed by atoms with van der Waals surface area (Å²) in [5, 5.41) is 3.15. The van der Waals surface area contributed by atoms with Crippen molar-refractivity contribution >= 4 is 11.3 Å². The molecule has 2 rings (SSSR count). The molecule has 2 N–H and O–H groups in total. The van der Waals surface area contributed by atoms with Gasteiger partial charge in [-0.1, -0.05) is 0 Å². The van der Waals surface area contributed by atoms with Crippen LogP contribution >= 0.6 is 11.3 Å². The summed E-state index contributed by atoms with van der Waals surface area (Å²) in [6, 6.07) is 7.93. The number of benzene rings is 1. The van der Waals surface area contributed by atoms with Crippen LogP contribution in [-0.4, -0.2) is 17.6 Å². The van der Waals surface area contributed by atoms with Gasteiger partial charge in [-0.2, -0.15) is 0 Å². The van der Waals surface area contributed by atoms with Gasteiger partial charge in [-0.3, -0.25) is 0 Å². The van der Waals surface area contributed by atoms with Crippen LogP contribution in [0.2, 0.25) is 0 Å². The Labute approximate surface area is 112 Å². The Morgan fingerprint density at radius 3 is 2.50 bits per heavy atom. The molecular formula is C14H18N2OS. The number of thiazole rings is 1. The van der Waals surface area contributed by atoms with E-state index in [9.17, 15) is 0 Å². The van der Waals surface area contributed by atoms with E-state index in [1.807, 2.05) is 38.1 Å². The third-order valence-electron chi connectivity index (χ3n) is 2.54. The summed E-state index contributed by atoms with van der Waals surface area (Å²) < 4.78 is 5.14. The minimum atomic E-state index is -0.213. The fourth-order valence-corrected chi connectivity index (χ4v) is 2.72. The summed E-state index contributed by atoms with van der Waals surface area (Å²) in [4.78, 5) is 4.62. The molecule has 0 saturated carbocycles. The van der Waals surface area contributed by atoms with E-state index in [1.165, 1.54) is 0 Å². The quantitative estimate of drug-likeness (QED) is 0.921. The molecule has 0 atom stereocenters. The standard InChI is InChI=1S/C14H18N2OS/c1-14(2,15)8-13-16-12(9-18-13)10-4-6-11(17-3)7-5-10/h4-7,9H,8,15H2,1-3H3. The molecule has 0 aliphatic carbocycles. The van der Waals surface area contributed by atoms with Gasteiger partial charge in [0.2, 0.25) is 0 Å². The molecular weight excluding hydrogens is 244 g/mol. The number of aromatic nitrogens is 1. The number of ether oxygens (including phenoxy) is 1. The molecule has 0 aliphatic heterocycles. The van der Waals surface area contributed by atoms with Crippen molar-refractivity contribution < 1.29 is 4.74 Å². The molecule has 3 nitrogen and oxygen atoms in total. The highest BCUT2D eigenvalue weighted by molar-refractivity contribution is 7.09. The van der Waals surface area contributed by atoms with Crippen molar-refractivity contribution in [2.24, 2.45) is 5.73 Å². The minimum Gasteiger partial charge on any atom is -0.497 e. The summed E-state index contributed by atoms with van der Waals surface area (Å²) in [5.74, 6) is 0.859. The molecule has 0 radical (unpaired) electrons. The van der Waals surface area contributed by atoms with Gasteiger partial charge in [-0.25, -0.2) is 4.98 Å². The first-order valence-corrected chi connectivity index (χ1v) is 6.73. The second-order valence-corrected chi connectivity index (χ2v) is 5.96. The van der Waals surface area contributed by atoms with E-state index >= 15 is 0 Å². The number of hydrogen-bond donors (Lipinski definition) is 1. The van der Waals surface area contributed by atoms with E-state index in [0.29, 0.717) is 0 Å². The minimum absolute atomic E-state index is 0.213. The fraction of sp³-hybridized carbons (Fsp3) is 0.357. The van der Waals surface area contributed by atoms with Crippen LogP contribution < -0.4 is 10.5 Å². The maximum absolute atomic E-state index is 6.00. The number of hydrogen-bond acceptors (Lipinski definition) is 4. The van der Waals surface area contributed by atoms with Crippen LogP contribution in [0.3, 0.4) is 0 Å². The first-order valence-electron chi connectivity index (χ1n) is 5.86. The second-order valence-electron chi connectivity index (χ2n) is 5.02. The fourth-order valence-electron chi connectivity index (χ4n) is 1.68. The zero-order chi connectivity index (χ0) is 13.2. The van der Waals surface area contributed by atoms with Gasteiger partial charge in [0.05, 0.1) is 17.8 Å². The molecule has 1 heterocycles. The maximum atomic E-state index is 6.00. The Kier molecular flexibility index (Phi) is 3.68. The first-order chi connectivity index (χ1) is 8.48. The van der Waals surface area contributed by atoms with Crippen LogP contribution in [0.25, 0.3) is 11.3 Å². The van der Waals surface area contributed by atoms with Crippen molar-refractivity contribution in [3.63, 3.8) is 0 Å². The van der Waals surface area contributed by atoms with E-state index in [-0.39, 0.29) is 5.54 Å². The van der Waals surface area contributed by atoms with Crippen molar-refractivity contribution in [3.8, 4) is 17.0 Å². The Bertz CT molecular complexity index is 511. The first kappa shape index (κ1) is 13.1. The lowest BCUT2D eigenvalue weighted by atomic mass is 10.0. The van der Waals surface area contributed by atoms with Crippen LogP contribution in [-0.2, 0) is 6.42 Å². The van der Waals surface area contributed by atoms with E-state index in [1.54, 1.807) is 18.4 Å². The Hall–Kier alpha value is -1.39. The predicted molar refractivity (Wildman–Crippen MR) is 76.1 cm³/mol. The van der Waals surface area contributed by atoms with Crippen LogP contribution in [0.4, 0.5) is 0 Å². The highest BCUT2D eigenvalue weighted by atomic mass is 32.1. The largest absolute Gasteiger partial charge is 0.497 e. The Morgan fingerprint density at radius 1 is 1.28 bits per heavy atom. The van der Waals surface area contributed by atoms with Crippen molar-refractivity contribution in [1.82, 2.24) is 4.98 Å². The van der Waals surface area contributed by atoms with Crippen LogP contribution in [0, 0.1) is 0 Å². The average Bonchev–Trinajstić information content (AvgIpc) is 2.75. The molecule has 1 aromatic carbocycles. The molecule has 0 saturated heterocycles.